The molecule has 1 aromatic carbocycles. The predicted octanol–water partition coefficient (Wildman–Crippen LogP) is 1.12. The minimum absolute atomic E-state index is 0. The van der Waals surface area contributed by atoms with Crippen molar-refractivity contribution in [1.29, 1.82) is 0 Å². The first kappa shape index (κ1) is 21.6. The van der Waals surface area contributed by atoms with Gasteiger partial charge in [0, 0.05) is 56.9 Å². The van der Waals surface area contributed by atoms with Crippen molar-refractivity contribution in [2.24, 2.45) is 0 Å². The fourth-order valence-electron chi connectivity index (χ4n) is 3.54. The molecule has 1 amide bonds. The van der Waals surface area contributed by atoms with Gasteiger partial charge in [-0.3, -0.25) is 14.8 Å². The molecule has 0 atom stereocenters. The van der Waals surface area contributed by atoms with E-state index in [1.165, 1.54) is 0 Å². The van der Waals surface area contributed by atoms with Gasteiger partial charge in [0.25, 0.3) is 5.91 Å². The van der Waals surface area contributed by atoms with Crippen LogP contribution in [0.2, 0.25) is 0 Å². The normalized spacial score (nSPS) is 16.6. The van der Waals surface area contributed by atoms with E-state index in [4.69, 9.17) is 9.47 Å². The molecular formula is C20H28ClN5O3. The van der Waals surface area contributed by atoms with E-state index in [-0.39, 0.29) is 18.3 Å². The molecule has 2 aliphatic rings. The van der Waals surface area contributed by atoms with Crippen molar-refractivity contribution in [1.82, 2.24) is 25.7 Å². The molecule has 158 valence electrons. The SMILES string of the molecule is Cl.O=C(NCc1cccc(OCCN2CCOCC2)c1)c1n[nH]c2c1CNCC2. The second-order valence-corrected chi connectivity index (χ2v) is 7.09. The summed E-state index contributed by atoms with van der Waals surface area (Å²) in [5, 5.41) is 13.4. The minimum atomic E-state index is -0.153. The summed E-state index contributed by atoms with van der Waals surface area (Å²) >= 11 is 0. The summed E-state index contributed by atoms with van der Waals surface area (Å²) in [4.78, 5) is 14.9. The van der Waals surface area contributed by atoms with E-state index in [0.717, 1.165) is 68.4 Å². The Morgan fingerprint density at radius 1 is 1.31 bits per heavy atom. The first-order valence-electron chi connectivity index (χ1n) is 9.86. The van der Waals surface area contributed by atoms with Gasteiger partial charge in [-0.15, -0.1) is 12.4 Å². The molecular weight excluding hydrogens is 394 g/mol. The first-order chi connectivity index (χ1) is 13.8. The van der Waals surface area contributed by atoms with Gasteiger partial charge < -0.3 is 20.1 Å². The van der Waals surface area contributed by atoms with Gasteiger partial charge >= 0.3 is 0 Å². The summed E-state index contributed by atoms with van der Waals surface area (Å²) in [5.41, 5.74) is 3.52. The van der Waals surface area contributed by atoms with Crippen molar-refractivity contribution >= 4 is 18.3 Å². The van der Waals surface area contributed by atoms with Crippen molar-refractivity contribution < 1.29 is 14.3 Å². The van der Waals surface area contributed by atoms with E-state index in [9.17, 15) is 4.79 Å². The number of carbonyl (C=O) groups excluding carboxylic acids is 1. The summed E-state index contributed by atoms with van der Waals surface area (Å²) in [6.45, 7) is 7.08. The number of halogens is 1. The van der Waals surface area contributed by atoms with Crippen LogP contribution in [0, 0.1) is 0 Å². The number of H-pyrrole nitrogens is 1. The maximum absolute atomic E-state index is 12.5. The van der Waals surface area contributed by atoms with E-state index in [0.29, 0.717) is 25.4 Å². The molecule has 0 spiro atoms. The summed E-state index contributed by atoms with van der Waals surface area (Å²) in [6.07, 6.45) is 0.874. The molecule has 8 nitrogen and oxygen atoms in total. The summed E-state index contributed by atoms with van der Waals surface area (Å²) in [6, 6.07) is 7.85. The number of benzene rings is 1. The van der Waals surface area contributed by atoms with Gasteiger partial charge in [-0.2, -0.15) is 5.10 Å². The van der Waals surface area contributed by atoms with Crippen molar-refractivity contribution in [2.45, 2.75) is 19.5 Å². The van der Waals surface area contributed by atoms with Gasteiger partial charge in [-0.05, 0) is 17.7 Å². The van der Waals surface area contributed by atoms with Crippen LogP contribution in [0.15, 0.2) is 24.3 Å². The Hall–Kier alpha value is -2.13. The zero-order chi connectivity index (χ0) is 19.2. The third-order valence-corrected chi connectivity index (χ3v) is 5.15. The molecule has 29 heavy (non-hydrogen) atoms. The first-order valence-corrected chi connectivity index (χ1v) is 9.86. The number of fused-ring (bicyclic) bond motifs is 1. The maximum atomic E-state index is 12.5. The molecule has 4 rings (SSSR count). The Bertz CT molecular complexity index is 807. The molecule has 1 aromatic heterocycles. The molecule has 9 heteroatoms. The fourth-order valence-corrected chi connectivity index (χ4v) is 3.54. The molecule has 0 radical (unpaired) electrons. The van der Waals surface area contributed by atoms with Crippen LogP contribution < -0.4 is 15.4 Å². The lowest BCUT2D eigenvalue weighted by molar-refractivity contribution is 0.0322. The highest BCUT2D eigenvalue weighted by atomic mass is 35.5. The van der Waals surface area contributed by atoms with Gasteiger partial charge in [-0.25, -0.2) is 0 Å². The van der Waals surface area contributed by atoms with Crippen LogP contribution in [0.3, 0.4) is 0 Å². The number of amides is 1. The van der Waals surface area contributed by atoms with Crippen LogP contribution in [0.5, 0.6) is 5.75 Å². The standard InChI is InChI=1S/C20H27N5O3.ClH/c26-20(19-17-14-21-5-4-18(17)23-24-19)22-13-15-2-1-3-16(12-15)28-11-8-25-6-9-27-10-7-25;/h1-3,12,21H,4-11,13-14H2,(H,22,26)(H,23,24);1H. The minimum Gasteiger partial charge on any atom is -0.492 e. The number of aromatic amines is 1. The number of carbonyl (C=O) groups is 1. The van der Waals surface area contributed by atoms with Gasteiger partial charge in [0.1, 0.15) is 12.4 Å². The average Bonchev–Trinajstić information content (AvgIpc) is 3.17. The second kappa shape index (κ2) is 10.6. The van der Waals surface area contributed by atoms with Crippen molar-refractivity contribution in [3.05, 3.63) is 46.8 Å². The van der Waals surface area contributed by atoms with Gasteiger partial charge in [-0.1, -0.05) is 12.1 Å². The molecule has 2 aliphatic heterocycles. The predicted molar refractivity (Wildman–Crippen MR) is 112 cm³/mol. The Morgan fingerprint density at radius 3 is 3.03 bits per heavy atom. The quantitative estimate of drug-likeness (QED) is 0.620. The number of hydrogen-bond acceptors (Lipinski definition) is 6. The highest BCUT2D eigenvalue weighted by Crippen LogP contribution is 2.16. The van der Waals surface area contributed by atoms with E-state index >= 15 is 0 Å². The molecule has 0 aliphatic carbocycles. The molecule has 3 heterocycles. The van der Waals surface area contributed by atoms with Crippen LogP contribution in [0.4, 0.5) is 0 Å². The number of nitrogens with zero attached hydrogens (tertiary/aromatic N) is 2. The maximum Gasteiger partial charge on any atom is 0.272 e. The van der Waals surface area contributed by atoms with Gasteiger partial charge in [0.05, 0.1) is 13.2 Å². The number of ether oxygens (including phenoxy) is 2. The highest BCUT2D eigenvalue weighted by molar-refractivity contribution is 5.94. The van der Waals surface area contributed by atoms with Crippen molar-refractivity contribution in [3.8, 4) is 5.75 Å². The molecule has 1 saturated heterocycles. The third-order valence-electron chi connectivity index (χ3n) is 5.15. The van der Waals surface area contributed by atoms with Crippen molar-refractivity contribution in [3.63, 3.8) is 0 Å². The molecule has 1 fully saturated rings. The number of hydrogen-bond donors (Lipinski definition) is 3. The van der Waals surface area contributed by atoms with Crippen molar-refractivity contribution in [2.75, 3.05) is 46.0 Å². The Balaban J connectivity index is 0.00000240. The molecule has 0 unspecified atom stereocenters. The van der Waals surface area contributed by atoms with E-state index in [2.05, 4.69) is 25.7 Å². The lowest BCUT2D eigenvalue weighted by Crippen LogP contribution is -2.38. The monoisotopic (exact) mass is 421 g/mol. The number of aromatic nitrogens is 2. The zero-order valence-corrected chi connectivity index (χ0v) is 17.2. The van der Waals surface area contributed by atoms with Crippen LogP contribution >= 0.6 is 12.4 Å². The Labute approximate surface area is 176 Å². The average molecular weight is 422 g/mol. The second-order valence-electron chi connectivity index (χ2n) is 7.09. The smallest absolute Gasteiger partial charge is 0.272 e. The van der Waals surface area contributed by atoms with Crippen LogP contribution in [-0.4, -0.2) is 67.0 Å². The van der Waals surface area contributed by atoms with E-state index < -0.39 is 0 Å². The highest BCUT2D eigenvalue weighted by Gasteiger charge is 2.21. The Kier molecular flexibility index (Phi) is 7.88. The zero-order valence-electron chi connectivity index (χ0n) is 16.4. The molecule has 0 bridgehead atoms. The summed E-state index contributed by atoms with van der Waals surface area (Å²) in [7, 11) is 0. The fraction of sp³-hybridized carbons (Fsp3) is 0.500. The Morgan fingerprint density at radius 2 is 2.17 bits per heavy atom. The van der Waals surface area contributed by atoms with Crippen LogP contribution in [0.25, 0.3) is 0 Å². The summed E-state index contributed by atoms with van der Waals surface area (Å²) in [5.74, 6) is 0.668. The third kappa shape index (κ3) is 5.70. The van der Waals surface area contributed by atoms with Gasteiger partial charge in [0.2, 0.25) is 0 Å². The lowest BCUT2D eigenvalue weighted by Gasteiger charge is -2.26. The largest absolute Gasteiger partial charge is 0.492 e. The molecule has 0 saturated carbocycles. The summed E-state index contributed by atoms with van der Waals surface area (Å²) < 4.78 is 11.2. The van der Waals surface area contributed by atoms with E-state index in [1.807, 2.05) is 24.3 Å². The van der Waals surface area contributed by atoms with Gasteiger partial charge in [0.15, 0.2) is 5.69 Å². The lowest BCUT2D eigenvalue weighted by atomic mass is 10.1. The topological polar surface area (TPSA) is 91.5 Å². The van der Waals surface area contributed by atoms with E-state index in [1.54, 1.807) is 0 Å². The number of rotatable bonds is 7. The molecule has 3 N–H and O–H groups in total. The number of nitrogens with one attached hydrogen (secondary N) is 3. The van der Waals surface area contributed by atoms with Crippen LogP contribution in [0.1, 0.15) is 27.3 Å². The molecule has 2 aromatic rings. The van der Waals surface area contributed by atoms with Crippen LogP contribution in [-0.2, 0) is 24.2 Å². The number of morpholine rings is 1.